The standard InChI is InChI=1S/C20H23FN2O3/c1-13(2)18(20(25)22-12-14-4-8-16(21)9-5-14)23-19(24)15-6-10-17(26-3)11-7-15/h4-11,13,18H,12H2,1-3H3,(H,22,25)(H,23,24)/t18-/m1/s1. The van der Waals surface area contributed by atoms with Crippen LogP contribution in [0.1, 0.15) is 29.8 Å². The van der Waals surface area contributed by atoms with Crippen molar-refractivity contribution in [3.8, 4) is 5.75 Å². The Balaban J connectivity index is 1.98. The van der Waals surface area contributed by atoms with Crippen LogP contribution in [0.4, 0.5) is 4.39 Å². The third kappa shape index (κ3) is 5.31. The number of ether oxygens (including phenoxy) is 1. The van der Waals surface area contributed by atoms with E-state index in [1.807, 2.05) is 13.8 Å². The Bertz CT molecular complexity index is 743. The monoisotopic (exact) mass is 358 g/mol. The van der Waals surface area contributed by atoms with Crippen LogP contribution in [0, 0.1) is 11.7 Å². The largest absolute Gasteiger partial charge is 0.497 e. The number of benzene rings is 2. The number of carbonyl (C=O) groups excluding carboxylic acids is 2. The van der Waals surface area contributed by atoms with Crippen LogP contribution in [0.3, 0.4) is 0 Å². The van der Waals surface area contributed by atoms with Gasteiger partial charge in [-0.15, -0.1) is 0 Å². The van der Waals surface area contributed by atoms with Gasteiger partial charge in [-0.1, -0.05) is 26.0 Å². The average Bonchev–Trinajstić information content (AvgIpc) is 2.65. The molecule has 0 unspecified atom stereocenters. The normalized spacial score (nSPS) is 11.7. The Kier molecular flexibility index (Phi) is 6.72. The van der Waals surface area contributed by atoms with Crippen molar-refractivity contribution in [3.63, 3.8) is 0 Å². The average molecular weight is 358 g/mol. The van der Waals surface area contributed by atoms with Crippen LogP contribution in [-0.4, -0.2) is 25.0 Å². The first-order valence-electron chi connectivity index (χ1n) is 8.37. The van der Waals surface area contributed by atoms with Gasteiger partial charge >= 0.3 is 0 Å². The summed E-state index contributed by atoms with van der Waals surface area (Å²) in [6, 6.07) is 11.9. The van der Waals surface area contributed by atoms with Gasteiger partial charge in [0.2, 0.25) is 5.91 Å². The Hall–Kier alpha value is -2.89. The van der Waals surface area contributed by atoms with E-state index in [0.29, 0.717) is 11.3 Å². The van der Waals surface area contributed by atoms with E-state index < -0.39 is 6.04 Å². The van der Waals surface area contributed by atoms with Crippen molar-refractivity contribution in [2.75, 3.05) is 7.11 Å². The van der Waals surface area contributed by atoms with Crippen molar-refractivity contribution in [2.45, 2.75) is 26.4 Å². The Morgan fingerprint density at radius 3 is 2.19 bits per heavy atom. The summed E-state index contributed by atoms with van der Waals surface area (Å²) in [5.74, 6) is -0.384. The molecule has 5 nitrogen and oxygen atoms in total. The highest BCUT2D eigenvalue weighted by atomic mass is 19.1. The number of hydrogen-bond acceptors (Lipinski definition) is 3. The predicted molar refractivity (Wildman–Crippen MR) is 97.3 cm³/mol. The number of hydrogen-bond donors (Lipinski definition) is 2. The Morgan fingerprint density at radius 2 is 1.65 bits per heavy atom. The maximum absolute atomic E-state index is 12.9. The first kappa shape index (κ1) is 19.4. The minimum absolute atomic E-state index is 0.0922. The second-order valence-electron chi connectivity index (χ2n) is 6.27. The van der Waals surface area contributed by atoms with Gasteiger partial charge in [-0.3, -0.25) is 9.59 Å². The van der Waals surface area contributed by atoms with Gasteiger partial charge in [0.05, 0.1) is 7.11 Å². The van der Waals surface area contributed by atoms with Crippen LogP contribution in [0.15, 0.2) is 48.5 Å². The number of amides is 2. The van der Waals surface area contributed by atoms with Crippen LogP contribution in [0.2, 0.25) is 0 Å². The van der Waals surface area contributed by atoms with E-state index in [2.05, 4.69) is 10.6 Å². The Morgan fingerprint density at radius 1 is 1.04 bits per heavy atom. The summed E-state index contributed by atoms with van der Waals surface area (Å²) in [6.07, 6.45) is 0. The summed E-state index contributed by atoms with van der Waals surface area (Å²) in [6.45, 7) is 3.98. The molecular formula is C20H23FN2O3. The molecule has 0 bridgehead atoms. The van der Waals surface area contributed by atoms with E-state index in [1.165, 1.54) is 12.1 Å². The van der Waals surface area contributed by atoms with Gasteiger partial charge in [0.1, 0.15) is 17.6 Å². The second-order valence-corrected chi connectivity index (χ2v) is 6.27. The topological polar surface area (TPSA) is 67.4 Å². The predicted octanol–water partition coefficient (Wildman–Crippen LogP) is 2.91. The molecule has 0 saturated heterocycles. The highest BCUT2D eigenvalue weighted by Crippen LogP contribution is 2.12. The van der Waals surface area contributed by atoms with E-state index in [1.54, 1.807) is 43.5 Å². The molecular weight excluding hydrogens is 335 g/mol. The molecule has 2 N–H and O–H groups in total. The molecule has 0 saturated carbocycles. The molecule has 0 radical (unpaired) electrons. The molecule has 2 aromatic rings. The molecule has 2 rings (SSSR count). The van der Waals surface area contributed by atoms with Gasteiger partial charge in [-0.05, 0) is 47.9 Å². The van der Waals surface area contributed by atoms with E-state index in [9.17, 15) is 14.0 Å². The van der Waals surface area contributed by atoms with Gasteiger partial charge in [-0.25, -0.2) is 4.39 Å². The molecule has 0 spiro atoms. The third-order valence-corrected chi connectivity index (χ3v) is 3.97. The molecule has 1 atom stereocenters. The van der Waals surface area contributed by atoms with Crippen LogP contribution in [-0.2, 0) is 11.3 Å². The van der Waals surface area contributed by atoms with Crippen LogP contribution in [0.5, 0.6) is 5.75 Å². The highest BCUT2D eigenvalue weighted by Gasteiger charge is 2.24. The molecule has 0 aliphatic heterocycles. The van der Waals surface area contributed by atoms with Crippen LogP contribution >= 0.6 is 0 Å². The summed E-state index contributed by atoms with van der Waals surface area (Å²) in [5, 5.41) is 5.54. The smallest absolute Gasteiger partial charge is 0.251 e. The van der Waals surface area contributed by atoms with Crippen molar-refractivity contribution in [2.24, 2.45) is 5.92 Å². The molecule has 138 valence electrons. The quantitative estimate of drug-likeness (QED) is 0.800. The molecule has 0 aliphatic rings. The number of halogens is 1. The maximum Gasteiger partial charge on any atom is 0.251 e. The van der Waals surface area contributed by atoms with Crippen molar-refractivity contribution < 1.29 is 18.7 Å². The molecule has 26 heavy (non-hydrogen) atoms. The van der Waals surface area contributed by atoms with Crippen molar-refractivity contribution in [1.82, 2.24) is 10.6 Å². The fourth-order valence-electron chi connectivity index (χ4n) is 2.40. The summed E-state index contributed by atoms with van der Waals surface area (Å²) in [7, 11) is 1.55. The molecule has 0 fully saturated rings. The first-order chi connectivity index (χ1) is 12.4. The molecule has 2 amide bonds. The van der Waals surface area contributed by atoms with Gasteiger partial charge < -0.3 is 15.4 Å². The Labute approximate surface area is 152 Å². The van der Waals surface area contributed by atoms with Gasteiger partial charge in [0.25, 0.3) is 5.91 Å². The summed E-state index contributed by atoms with van der Waals surface area (Å²) >= 11 is 0. The zero-order valence-electron chi connectivity index (χ0n) is 15.1. The molecule has 0 aromatic heterocycles. The second kappa shape index (κ2) is 8.99. The van der Waals surface area contributed by atoms with Crippen molar-refractivity contribution in [3.05, 3.63) is 65.5 Å². The summed E-state index contributed by atoms with van der Waals surface area (Å²) < 4.78 is 18.0. The number of rotatable bonds is 7. The van der Waals surface area contributed by atoms with E-state index in [-0.39, 0.29) is 30.1 Å². The lowest BCUT2D eigenvalue weighted by molar-refractivity contribution is -0.124. The lowest BCUT2D eigenvalue weighted by Gasteiger charge is -2.22. The zero-order chi connectivity index (χ0) is 19.1. The lowest BCUT2D eigenvalue weighted by Crippen LogP contribution is -2.49. The lowest BCUT2D eigenvalue weighted by atomic mass is 10.0. The number of nitrogens with one attached hydrogen (secondary N) is 2. The highest BCUT2D eigenvalue weighted by molar-refractivity contribution is 5.97. The van der Waals surface area contributed by atoms with E-state index in [0.717, 1.165) is 5.56 Å². The fraction of sp³-hybridized carbons (Fsp3) is 0.300. The fourth-order valence-corrected chi connectivity index (χ4v) is 2.40. The maximum atomic E-state index is 12.9. The molecule has 2 aromatic carbocycles. The van der Waals surface area contributed by atoms with Crippen LogP contribution < -0.4 is 15.4 Å². The minimum atomic E-state index is -0.676. The van der Waals surface area contributed by atoms with Gasteiger partial charge in [0.15, 0.2) is 0 Å². The van der Waals surface area contributed by atoms with Crippen LogP contribution in [0.25, 0.3) is 0 Å². The zero-order valence-corrected chi connectivity index (χ0v) is 15.1. The van der Waals surface area contributed by atoms with E-state index >= 15 is 0 Å². The SMILES string of the molecule is COc1ccc(C(=O)N[C@@H](C(=O)NCc2ccc(F)cc2)C(C)C)cc1. The van der Waals surface area contributed by atoms with E-state index in [4.69, 9.17) is 4.74 Å². The molecule has 6 heteroatoms. The number of carbonyl (C=O) groups is 2. The summed E-state index contributed by atoms with van der Waals surface area (Å²) in [5.41, 5.74) is 1.23. The van der Waals surface area contributed by atoms with Gasteiger partial charge in [-0.2, -0.15) is 0 Å². The first-order valence-corrected chi connectivity index (χ1v) is 8.37. The number of methoxy groups -OCH3 is 1. The van der Waals surface area contributed by atoms with Gasteiger partial charge in [0, 0.05) is 12.1 Å². The molecule has 0 heterocycles. The molecule has 0 aliphatic carbocycles. The van der Waals surface area contributed by atoms with Crippen molar-refractivity contribution >= 4 is 11.8 Å². The minimum Gasteiger partial charge on any atom is -0.497 e. The summed E-state index contributed by atoms with van der Waals surface area (Å²) in [4.78, 5) is 24.9. The third-order valence-electron chi connectivity index (χ3n) is 3.97. The van der Waals surface area contributed by atoms with Crippen molar-refractivity contribution in [1.29, 1.82) is 0 Å².